The normalized spacial score (nSPS) is 15.2. The quantitative estimate of drug-likeness (QED) is 0.424. The molecule has 33 heavy (non-hydrogen) atoms. The summed E-state index contributed by atoms with van der Waals surface area (Å²) in [6.45, 7) is 7.90. The van der Waals surface area contributed by atoms with Gasteiger partial charge in [-0.3, -0.25) is 14.3 Å². The van der Waals surface area contributed by atoms with E-state index in [1.165, 1.54) is 5.56 Å². The zero-order valence-corrected chi connectivity index (χ0v) is 18.9. The van der Waals surface area contributed by atoms with E-state index in [0.717, 1.165) is 67.6 Å². The van der Waals surface area contributed by atoms with Gasteiger partial charge in [0.15, 0.2) is 5.65 Å². The van der Waals surface area contributed by atoms with Gasteiger partial charge in [-0.15, -0.1) is 10.2 Å². The number of rotatable bonds is 8. The Kier molecular flexibility index (Phi) is 6.28. The Hall–Kier alpha value is -3.36. The summed E-state index contributed by atoms with van der Waals surface area (Å²) in [5.41, 5.74) is 5.56. The molecule has 5 rings (SSSR count). The van der Waals surface area contributed by atoms with Gasteiger partial charge < -0.3 is 14.7 Å². The molecule has 4 aromatic rings. The molecule has 3 aromatic heterocycles. The van der Waals surface area contributed by atoms with Gasteiger partial charge in [-0.1, -0.05) is 30.3 Å². The van der Waals surface area contributed by atoms with E-state index in [1.54, 1.807) is 0 Å². The van der Waals surface area contributed by atoms with Crippen LogP contribution in [0.3, 0.4) is 0 Å². The van der Waals surface area contributed by atoms with Crippen molar-refractivity contribution in [1.29, 1.82) is 5.41 Å². The van der Waals surface area contributed by atoms with Gasteiger partial charge in [-0.2, -0.15) is 0 Å². The largest absolute Gasteiger partial charge is 0.379 e. The first-order chi connectivity index (χ1) is 16.2. The second kappa shape index (κ2) is 9.64. The number of benzene rings is 1. The molecule has 1 N–H and O–H groups in total. The van der Waals surface area contributed by atoms with Crippen LogP contribution >= 0.6 is 0 Å². The summed E-state index contributed by atoms with van der Waals surface area (Å²) >= 11 is 0. The van der Waals surface area contributed by atoms with Gasteiger partial charge in [0.2, 0.25) is 0 Å². The predicted molar refractivity (Wildman–Crippen MR) is 131 cm³/mol. The van der Waals surface area contributed by atoms with Crippen LogP contribution in [0, 0.1) is 12.3 Å². The van der Waals surface area contributed by atoms with Crippen molar-refractivity contribution in [2.24, 2.45) is 4.99 Å². The summed E-state index contributed by atoms with van der Waals surface area (Å²) in [7, 11) is 0. The van der Waals surface area contributed by atoms with Crippen LogP contribution in [0.5, 0.6) is 0 Å². The van der Waals surface area contributed by atoms with Crippen molar-refractivity contribution in [2.45, 2.75) is 19.9 Å². The number of fused-ring (bicyclic) bond motifs is 3. The maximum Gasteiger partial charge on any atom is 0.161 e. The average molecular weight is 444 g/mol. The molecule has 1 aromatic carbocycles. The van der Waals surface area contributed by atoms with Crippen LogP contribution in [0.1, 0.15) is 23.5 Å². The van der Waals surface area contributed by atoms with E-state index in [-0.39, 0.29) is 0 Å². The lowest BCUT2D eigenvalue weighted by atomic mass is 10.2. The Balaban J connectivity index is 1.40. The summed E-state index contributed by atoms with van der Waals surface area (Å²) < 4.78 is 9.67. The first-order valence-electron chi connectivity index (χ1n) is 11.4. The summed E-state index contributed by atoms with van der Waals surface area (Å²) in [5.74, 6) is 0.843. The number of aryl methyl sites for hydroxylation is 1. The molecule has 1 saturated heterocycles. The van der Waals surface area contributed by atoms with Gasteiger partial charge in [-0.25, -0.2) is 0 Å². The Morgan fingerprint density at radius 3 is 2.73 bits per heavy atom. The Labute approximate surface area is 193 Å². The van der Waals surface area contributed by atoms with E-state index >= 15 is 0 Å². The third-order valence-electron chi connectivity index (χ3n) is 6.16. The molecular formula is C25H29N7O. The molecular weight excluding hydrogens is 414 g/mol. The Morgan fingerprint density at radius 1 is 1.09 bits per heavy atom. The van der Waals surface area contributed by atoms with Gasteiger partial charge in [0.25, 0.3) is 0 Å². The predicted octanol–water partition coefficient (Wildman–Crippen LogP) is 3.20. The third kappa shape index (κ3) is 4.58. The van der Waals surface area contributed by atoms with Gasteiger partial charge in [0, 0.05) is 38.8 Å². The number of hydrogen-bond donors (Lipinski definition) is 1. The van der Waals surface area contributed by atoms with Gasteiger partial charge >= 0.3 is 0 Å². The smallest absolute Gasteiger partial charge is 0.161 e. The third-order valence-corrected chi connectivity index (χ3v) is 6.16. The van der Waals surface area contributed by atoms with E-state index in [4.69, 9.17) is 10.1 Å². The molecule has 0 aliphatic carbocycles. The fourth-order valence-corrected chi connectivity index (χ4v) is 4.40. The fourth-order valence-electron chi connectivity index (χ4n) is 4.40. The van der Waals surface area contributed by atoms with Gasteiger partial charge in [-0.05, 0) is 30.7 Å². The highest BCUT2D eigenvalue weighted by atomic mass is 16.5. The molecule has 8 heteroatoms. The van der Waals surface area contributed by atoms with Crippen LogP contribution in [0.2, 0.25) is 0 Å². The number of aliphatic imine (C=N–C) groups is 1. The number of aromatic nitrogens is 4. The number of ether oxygens (including phenoxy) is 1. The summed E-state index contributed by atoms with van der Waals surface area (Å²) in [6.07, 6.45) is 2.38. The highest BCUT2D eigenvalue weighted by molar-refractivity contribution is 6.07. The highest BCUT2D eigenvalue weighted by Crippen LogP contribution is 2.24. The standard InChI is InChI=1S/C25H29N7O/c1-19-28-29-25-8-7-22-24(32(19)25)17-23(31(22)18-20-5-3-2-4-6-20)21(26)9-10-27-11-12-30-13-15-33-16-14-30/h2-8,10,17,26H,9,11-16,18H2,1H3. The van der Waals surface area contributed by atoms with Crippen molar-refractivity contribution in [3.8, 4) is 0 Å². The number of pyridine rings is 1. The lowest BCUT2D eigenvalue weighted by molar-refractivity contribution is 0.0395. The molecule has 0 unspecified atom stereocenters. The average Bonchev–Trinajstić information content (AvgIpc) is 3.40. The second-order valence-electron chi connectivity index (χ2n) is 8.37. The van der Waals surface area contributed by atoms with Crippen LogP contribution in [-0.2, 0) is 11.3 Å². The van der Waals surface area contributed by atoms with E-state index in [1.807, 2.05) is 25.3 Å². The SMILES string of the molecule is Cc1nnc2ccc3c(cc(C(=N)CC=NCCN4CCOCC4)n3Cc3ccccc3)n12. The molecule has 0 saturated carbocycles. The highest BCUT2D eigenvalue weighted by Gasteiger charge is 2.16. The maximum atomic E-state index is 8.85. The van der Waals surface area contributed by atoms with Crippen molar-refractivity contribution in [3.63, 3.8) is 0 Å². The van der Waals surface area contributed by atoms with E-state index in [9.17, 15) is 0 Å². The second-order valence-corrected chi connectivity index (χ2v) is 8.37. The topological polar surface area (TPSA) is 83.8 Å². The van der Waals surface area contributed by atoms with Gasteiger partial charge in [0.1, 0.15) is 5.82 Å². The molecule has 0 spiro atoms. The first-order valence-corrected chi connectivity index (χ1v) is 11.4. The van der Waals surface area contributed by atoms with Crippen molar-refractivity contribution in [2.75, 3.05) is 39.4 Å². The molecule has 0 bridgehead atoms. The van der Waals surface area contributed by atoms with Crippen LogP contribution < -0.4 is 0 Å². The van der Waals surface area contributed by atoms with Gasteiger partial charge in [0.05, 0.1) is 42.2 Å². The van der Waals surface area contributed by atoms with Crippen LogP contribution in [0.15, 0.2) is 53.5 Å². The lowest BCUT2D eigenvalue weighted by Gasteiger charge is -2.25. The molecule has 0 radical (unpaired) electrons. The minimum absolute atomic E-state index is 0.499. The van der Waals surface area contributed by atoms with Crippen molar-refractivity contribution >= 4 is 28.6 Å². The zero-order valence-electron chi connectivity index (χ0n) is 18.9. The molecule has 0 amide bonds. The number of morpholine rings is 1. The number of nitrogens with one attached hydrogen (secondary N) is 1. The molecule has 170 valence electrons. The molecule has 8 nitrogen and oxygen atoms in total. The van der Waals surface area contributed by atoms with E-state index in [0.29, 0.717) is 18.7 Å². The van der Waals surface area contributed by atoms with E-state index < -0.39 is 0 Å². The molecule has 1 fully saturated rings. The molecule has 4 heterocycles. The fraction of sp³-hybridized carbons (Fsp3) is 0.360. The van der Waals surface area contributed by atoms with Crippen molar-refractivity contribution < 1.29 is 4.74 Å². The van der Waals surface area contributed by atoms with Crippen molar-refractivity contribution in [3.05, 3.63) is 65.6 Å². The Bertz CT molecular complexity index is 1280. The van der Waals surface area contributed by atoms with E-state index in [2.05, 4.69) is 65.5 Å². The molecule has 1 aliphatic heterocycles. The first kappa shape index (κ1) is 21.5. The minimum Gasteiger partial charge on any atom is -0.379 e. The minimum atomic E-state index is 0.499. The van der Waals surface area contributed by atoms with Crippen LogP contribution in [-0.4, -0.2) is 75.4 Å². The monoisotopic (exact) mass is 443 g/mol. The molecule has 0 atom stereocenters. The summed E-state index contributed by atoms with van der Waals surface area (Å²) in [4.78, 5) is 6.94. The number of hydrogen-bond acceptors (Lipinski definition) is 6. The van der Waals surface area contributed by atoms with Crippen LogP contribution in [0.4, 0.5) is 0 Å². The Morgan fingerprint density at radius 2 is 1.91 bits per heavy atom. The van der Waals surface area contributed by atoms with Crippen LogP contribution in [0.25, 0.3) is 16.7 Å². The summed E-state index contributed by atoms with van der Waals surface area (Å²) in [5, 5.41) is 17.3. The number of nitrogens with zero attached hydrogens (tertiary/aromatic N) is 6. The zero-order chi connectivity index (χ0) is 22.6. The lowest BCUT2D eigenvalue weighted by Crippen LogP contribution is -2.37. The summed E-state index contributed by atoms with van der Waals surface area (Å²) in [6, 6.07) is 16.5. The maximum absolute atomic E-state index is 8.85. The molecule has 1 aliphatic rings. The van der Waals surface area contributed by atoms with Crippen molar-refractivity contribution in [1.82, 2.24) is 24.1 Å².